The van der Waals surface area contributed by atoms with Crippen LogP contribution < -0.4 is 10.5 Å². The summed E-state index contributed by atoms with van der Waals surface area (Å²) in [6.07, 6.45) is 0. The second-order valence-corrected chi connectivity index (χ2v) is 3.77. The highest BCUT2D eigenvalue weighted by Crippen LogP contribution is 2.29. The molecular formula is C9H8BrN3O3. The average molecular weight is 286 g/mol. The van der Waals surface area contributed by atoms with E-state index in [4.69, 9.17) is 15.7 Å². The van der Waals surface area contributed by atoms with Gasteiger partial charge in [-0.1, -0.05) is 0 Å². The van der Waals surface area contributed by atoms with Crippen LogP contribution in [-0.4, -0.2) is 17.6 Å². The van der Waals surface area contributed by atoms with E-state index in [1.807, 2.05) is 0 Å². The Kier molecular flexibility index (Phi) is 4.22. The standard InChI is InChI=1S/C9H8BrN3O3/c10-8-2-1-7(13(14)15)3-9(8)16-5-6(12)4-11/h1-3,6H,5,12H2. The highest BCUT2D eigenvalue weighted by Gasteiger charge is 2.11. The van der Waals surface area contributed by atoms with Gasteiger partial charge in [0.05, 0.1) is 21.5 Å². The molecule has 0 spiro atoms. The third kappa shape index (κ3) is 3.18. The third-order valence-corrected chi connectivity index (χ3v) is 2.36. The summed E-state index contributed by atoms with van der Waals surface area (Å²) in [6, 6.07) is 5.16. The number of halogens is 1. The molecule has 0 amide bonds. The third-order valence-electron chi connectivity index (χ3n) is 1.71. The first kappa shape index (κ1) is 12.4. The van der Waals surface area contributed by atoms with Gasteiger partial charge in [0.15, 0.2) is 0 Å². The van der Waals surface area contributed by atoms with Crippen molar-refractivity contribution in [1.82, 2.24) is 0 Å². The van der Waals surface area contributed by atoms with E-state index < -0.39 is 11.0 Å². The topological polar surface area (TPSA) is 102 Å². The molecule has 0 aliphatic carbocycles. The molecule has 1 aromatic carbocycles. The molecule has 16 heavy (non-hydrogen) atoms. The van der Waals surface area contributed by atoms with Crippen LogP contribution in [0.2, 0.25) is 0 Å². The van der Waals surface area contributed by atoms with Gasteiger partial charge >= 0.3 is 0 Å². The second-order valence-electron chi connectivity index (χ2n) is 2.92. The maximum Gasteiger partial charge on any atom is 0.273 e. The van der Waals surface area contributed by atoms with E-state index in [0.717, 1.165) is 0 Å². The Balaban J connectivity index is 2.83. The number of hydrogen-bond donors (Lipinski definition) is 1. The number of rotatable bonds is 4. The van der Waals surface area contributed by atoms with Gasteiger partial charge in [0, 0.05) is 6.07 Å². The smallest absolute Gasteiger partial charge is 0.273 e. The molecule has 1 unspecified atom stereocenters. The van der Waals surface area contributed by atoms with E-state index in [0.29, 0.717) is 10.2 Å². The van der Waals surface area contributed by atoms with Crippen LogP contribution in [0.3, 0.4) is 0 Å². The zero-order chi connectivity index (χ0) is 12.1. The molecule has 2 N–H and O–H groups in total. The number of nitro groups is 1. The van der Waals surface area contributed by atoms with Crippen molar-refractivity contribution in [2.45, 2.75) is 6.04 Å². The van der Waals surface area contributed by atoms with Crippen LogP contribution in [0.15, 0.2) is 22.7 Å². The van der Waals surface area contributed by atoms with Crippen LogP contribution in [0.5, 0.6) is 5.75 Å². The first-order valence-corrected chi connectivity index (χ1v) is 5.06. The van der Waals surface area contributed by atoms with Gasteiger partial charge in [-0.15, -0.1) is 0 Å². The number of non-ortho nitro benzene ring substituents is 1. The van der Waals surface area contributed by atoms with Crippen LogP contribution in [0.1, 0.15) is 0 Å². The van der Waals surface area contributed by atoms with Crippen molar-refractivity contribution in [3.8, 4) is 11.8 Å². The van der Waals surface area contributed by atoms with Gasteiger partial charge < -0.3 is 10.5 Å². The van der Waals surface area contributed by atoms with Crippen molar-refractivity contribution in [3.05, 3.63) is 32.8 Å². The molecule has 1 aromatic rings. The number of nitrogens with zero attached hydrogens (tertiary/aromatic N) is 2. The molecular weight excluding hydrogens is 278 g/mol. The minimum Gasteiger partial charge on any atom is -0.489 e. The molecule has 1 atom stereocenters. The molecule has 0 saturated heterocycles. The monoisotopic (exact) mass is 285 g/mol. The number of nitriles is 1. The van der Waals surface area contributed by atoms with E-state index in [-0.39, 0.29) is 12.3 Å². The molecule has 0 bridgehead atoms. The van der Waals surface area contributed by atoms with Crippen molar-refractivity contribution in [3.63, 3.8) is 0 Å². The lowest BCUT2D eigenvalue weighted by molar-refractivity contribution is -0.385. The van der Waals surface area contributed by atoms with Crippen molar-refractivity contribution in [2.24, 2.45) is 5.73 Å². The lowest BCUT2D eigenvalue weighted by Gasteiger charge is -2.08. The van der Waals surface area contributed by atoms with Crippen molar-refractivity contribution >= 4 is 21.6 Å². The van der Waals surface area contributed by atoms with E-state index in [1.165, 1.54) is 18.2 Å². The van der Waals surface area contributed by atoms with Crippen LogP contribution in [0.4, 0.5) is 5.69 Å². The summed E-state index contributed by atoms with van der Waals surface area (Å²) < 4.78 is 5.75. The summed E-state index contributed by atoms with van der Waals surface area (Å²) in [5, 5.41) is 19.0. The first-order chi connectivity index (χ1) is 7.54. The van der Waals surface area contributed by atoms with E-state index in [9.17, 15) is 10.1 Å². The lowest BCUT2D eigenvalue weighted by Crippen LogP contribution is -2.25. The van der Waals surface area contributed by atoms with Gasteiger partial charge in [-0.3, -0.25) is 10.1 Å². The summed E-state index contributed by atoms with van der Waals surface area (Å²) in [6.45, 7) is -0.0176. The second kappa shape index (κ2) is 5.44. The summed E-state index contributed by atoms with van der Waals surface area (Å²) >= 11 is 3.18. The Bertz CT molecular complexity index is 444. The van der Waals surface area contributed by atoms with Crippen molar-refractivity contribution in [2.75, 3.05) is 6.61 Å². The van der Waals surface area contributed by atoms with Crippen LogP contribution >= 0.6 is 15.9 Å². The SMILES string of the molecule is N#CC(N)COc1cc([N+](=O)[O-])ccc1Br. The highest BCUT2D eigenvalue weighted by atomic mass is 79.9. The first-order valence-electron chi connectivity index (χ1n) is 4.26. The van der Waals surface area contributed by atoms with Gasteiger partial charge in [0.2, 0.25) is 0 Å². The molecule has 0 radical (unpaired) electrons. The highest BCUT2D eigenvalue weighted by molar-refractivity contribution is 9.10. The fourth-order valence-electron chi connectivity index (χ4n) is 0.933. The van der Waals surface area contributed by atoms with Crippen LogP contribution in [0, 0.1) is 21.4 Å². The molecule has 0 saturated carbocycles. The molecule has 0 aliphatic rings. The van der Waals surface area contributed by atoms with Crippen LogP contribution in [-0.2, 0) is 0 Å². The average Bonchev–Trinajstić information content (AvgIpc) is 2.27. The Morgan fingerprint density at radius 3 is 2.94 bits per heavy atom. The molecule has 0 aliphatic heterocycles. The van der Waals surface area contributed by atoms with Crippen LogP contribution in [0.25, 0.3) is 0 Å². The van der Waals surface area contributed by atoms with Gasteiger partial charge in [-0.25, -0.2) is 0 Å². The maximum absolute atomic E-state index is 10.5. The molecule has 0 fully saturated rings. The maximum atomic E-state index is 10.5. The molecule has 6 nitrogen and oxygen atoms in total. The number of ether oxygens (including phenoxy) is 1. The predicted octanol–water partition coefficient (Wildman–Crippen LogP) is 1.59. The molecule has 1 rings (SSSR count). The molecule has 84 valence electrons. The molecule has 0 heterocycles. The number of hydrogen-bond acceptors (Lipinski definition) is 5. The van der Waals surface area contributed by atoms with Gasteiger partial charge in [0.25, 0.3) is 5.69 Å². The largest absolute Gasteiger partial charge is 0.489 e. The zero-order valence-corrected chi connectivity index (χ0v) is 9.68. The lowest BCUT2D eigenvalue weighted by atomic mass is 10.3. The summed E-state index contributed by atoms with van der Waals surface area (Å²) in [5.41, 5.74) is 5.25. The predicted molar refractivity (Wildman–Crippen MR) is 59.9 cm³/mol. The quantitative estimate of drug-likeness (QED) is 0.668. The Morgan fingerprint density at radius 1 is 1.69 bits per heavy atom. The minimum absolute atomic E-state index is 0.0176. The Labute approximate surface area is 99.9 Å². The van der Waals surface area contributed by atoms with E-state index in [2.05, 4.69) is 15.9 Å². The number of nitro benzene ring substituents is 1. The van der Waals surface area contributed by atoms with Gasteiger partial charge in [0.1, 0.15) is 18.4 Å². The summed E-state index contributed by atoms with van der Waals surface area (Å²) in [4.78, 5) is 9.99. The minimum atomic E-state index is -0.758. The summed E-state index contributed by atoms with van der Waals surface area (Å²) in [5.74, 6) is 0.292. The molecule has 0 aromatic heterocycles. The normalized spacial score (nSPS) is 11.6. The Morgan fingerprint density at radius 2 is 2.38 bits per heavy atom. The van der Waals surface area contributed by atoms with Gasteiger partial charge in [-0.2, -0.15) is 5.26 Å². The zero-order valence-electron chi connectivity index (χ0n) is 8.09. The van der Waals surface area contributed by atoms with Gasteiger partial charge in [-0.05, 0) is 22.0 Å². The molecule has 7 heteroatoms. The summed E-state index contributed by atoms with van der Waals surface area (Å²) in [7, 11) is 0. The fourth-order valence-corrected chi connectivity index (χ4v) is 1.29. The van der Waals surface area contributed by atoms with E-state index in [1.54, 1.807) is 6.07 Å². The van der Waals surface area contributed by atoms with Crippen molar-refractivity contribution < 1.29 is 9.66 Å². The fraction of sp³-hybridized carbons (Fsp3) is 0.222. The Hall–Kier alpha value is -1.65. The van der Waals surface area contributed by atoms with Crippen molar-refractivity contribution in [1.29, 1.82) is 5.26 Å². The van der Waals surface area contributed by atoms with E-state index >= 15 is 0 Å². The number of benzene rings is 1. The number of nitrogens with two attached hydrogens (primary N) is 1.